The van der Waals surface area contributed by atoms with Crippen molar-refractivity contribution in [2.24, 2.45) is 12.8 Å². The molecule has 7 heteroatoms. The van der Waals surface area contributed by atoms with E-state index in [0.29, 0.717) is 26.1 Å². The van der Waals surface area contributed by atoms with Gasteiger partial charge >= 0.3 is 0 Å². The van der Waals surface area contributed by atoms with E-state index in [9.17, 15) is 9.59 Å². The highest BCUT2D eigenvalue weighted by Gasteiger charge is 2.17. The van der Waals surface area contributed by atoms with E-state index in [1.165, 1.54) is 19.2 Å². The average molecular weight is 337 g/mol. The molecule has 1 heterocycles. The minimum atomic E-state index is -0.242. The largest absolute Gasteiger partial charge is 0.333 e. The van der Waals surface area contributed by atoms with Crippen molar-refractivity contribution in [3.8, 4) is 0 Å². The van der Waals surface area contributed by atoms with Gasteiger partial charge in [-0.3, -0.25) is 9.59 Å². The lowest BCUT2D eigenvalue weighted by Crippen LogP contribution is -2.34. The molecule has 0 aliphatic rings. The first-order valence-corrected chi connectivity index (χ1v) is 7.19. The first kappa shape index (κ1) is 18.9. The molecule has 0 bridgehead atoms. The van der Waals surface area contributed by atoms with Crippen LogP contribution in [0.25, 0.3) is 0 Å². The van der Waals surface area contributed by atoms with Crippen LogP contribution in [0.15, 0.2) is 47.3 Å². The Labute approximate surface area is 141 Å². The Kier molecular flexibility index (Phi) is 7.44. The van der Waals surface area contributed by atoms with Crippen molar-refractivity contribution in [3.05, 3.63) is 64.1 Å². The molecule has 1 amide bonds. The Morgan fingerprint density at radius 2 is 1.91 bits per heavy atom. The second-order valence-corrected chi connectivity index (χ2v) is 5.03. The highest BCUT2D eigenvalue weighted by Crippen LogP contribution is 2.08. The molecule has 0 aliphatic heterocycles. The lowest BCUT2D eigenvalue weighted by molar-refractivity contribution is 0.0733. The van der Waals surface area contributed by atoms with Crippen LogP contribution >= 0.6 is 12.4 Å². The number of amides is 1. The monoisotopic (exact) mass is 336 g/mol. The molecule has 0 radical (unpaired) electrons. The summed E-state index contributed by atoms with van der Waals surface area (Å²) in [6, 6.07) is 12.6. The number of nitrogens with zero attached hydrogens (tertiary/aromatic N) is 3. The molecule has 2 aromatic rings. The molecular formula is C16H21ClN4O2. The van der Waals surface area contributed by atoms with Crippen molar-refractivity contribution in [2.45, 2.75) is 13.0 Å². The zero-order chi connectivity index (χ0) is 15.9. The molecule has 0 aliphatic carbocycles. The van der Waals surface area contributed by atoms with Gasteiger partial charge in [0.2, 0.25) is 0 Å². The van der Waals surface area contributed by atoms with Gasteiger partial charge in [0.1, 0.15) is 5.69 Å². The quantitative estimate of drug-likeness (QED) is 0.859. The number of benzene rings is 1. The van der Waals surface area contributed by atoms with E-state index in [1.54, 1.807) is 4.90 Å². The van der Waals surface area contributed by atoms with Crippen LogP contribution in [0.5, 0.6) is 0 Å². The predicted molar refractivity (Wildman–Crippen MR) is 91.6 cm³/mol. The standard InChI is InChI=1S/C16H20N4O2.ClH/c1-19-15(21)9-8-14(18-19)16(22)20(11-5-10-17)12-13-6-3-2-4-7-13;/h2-4,6-9H,5,10-12,17H2,1H3;1H. The van der Waals surface area contributed by atoms with Crippen molar-refractivity contribution in [1.29, 1.82) is 0 Å². The van der Waals surface area contributed by atoms with Gasteiger partial charge in [0.25, 0.3) is 11.5 Å². The third-order valence-corrected chi connectivity index (χ3v) is 3.32. The molecule has 0 fully saturated rings. The van der Waals surface area contributed by atoms with E-state index in [1.807, 2.05) is 30.3 Å². The average Bonchev–Trinajstić information content (AvgIpc) is 2.54. The van der Waals surface area contributed by atoms with E-state index < -0.39 is 0 Å². The fraction of sp³-hybridized carbons (Fsp3) is 0.312. The fourth-order valence-corrected chi connectivity index (χ4v) is 2.12. The Hall–Kier alpha value is -2.18. The summed E-state index contributed by atoms with van der Waals surface area (Å²) >= 11 is 0. The number of hydrogen-bond acceptors (Lipinski definition) is 4. The van der Waals surface area contributed by atoms with E-state index in [-0.39, 0.29) is 29.6 Å². The summed E-state index contributed by atoms with van der Waals surface area (Å²) in [7, 11) is 1.53. The van der Waals surface area contributed by atoms with Crippen molar-refractivity contribution in [2.75, 3.05) is 13.1 Å². The summed E-state index contributed by atoms with van der Waals surface area (Å²) in [6.07, 6.45) is 0.713. The number of aromatic nitrogens is 2. The van der Waals surface area contributed by atoms with Crippen LogP contribution in [-0.4, -0.2) is 33.7 Å². The van der Waals surface area contributed by atoms with Crippen LogP contribution in [0.2, 0.25) is 0 Å². The summed E-state index contributed by atoms with van der Waals surface area (Å²) in [5, 5.41) is 4.02. The topological polar surface area (TPSA) is 81.2 Å². The molecule has 6 nitrogen and oxygen atoms in total. The van der Waals surface area contributed by atoms with Crippen molar-refractivity contribution >= 4 is 18.3 Å². The molecule has 0 atom stereocenters. The van der Waals surface area contributed by atoms with Crippen LogP contribution < -0.4 is 11.3 Å². The lowest BCUT2D eigenvalue weighted by Gasteiger charge is -2.22. The molecule has 1 aromatic carbocycles. The molecular weight excluding hydrogens is 316 g/mol. The maximum atomic E-state index is 12.6. The van der Waals surface area contributed by atoms with Crippen LogP contribution in [0.1, 0.15) is 22.5 Å². The zero-order valence-electron chi connectivity index (χ0n) is 13.0. The highest BCUT2D eigenvalue weighted by atomic mass is 35.5. The minimum Gasteiger partial charge on any atom is -0.333 e. The van der Waals surface area contributed by atoms with E-state index in [2.05, 4.69) is 5.10 Å². The van der Waals surface area contributed by atoms with Crippen molar-refractivity contribution in [3.63, 3.8) is 0 Å². The Bertz CT molecular complexity index is 688. The molecule has 0 unspecified atom stereocenters. The molecule has 0 saturated heterocycles. The second kappa shape index (κ2) is 9.07. The number of aryl methyl sites for hydroxylation is 1. The van der Waals surface area contributed by atoms with Gasteiger partial charge in [-0.15, -0.1) is 12.4 Å². The van der Waals surface area contributed by atoms with Crippen LogP contribution in [0, 0.1) is 0 Å². The molecule has 23 heavy (non-hydrogen) atoms. The SMILES string of the molecule is Cl.Cn1nc(C(=O)N(CCCN)Cc2ccccc2)ccc1=O. The Morgan fingerprint density at radius 3 is 2.52 bits per heavy atom. The van der Waals surface area contributed by atoms with Gasteiger partial charge in [0.05, 0.1) is 0 Å². The number of carbonyl (C=O) groups excluding carboxylic acids is 1. The van der Waals surface area contributed by atoms with E-state index in [0.717, 1.165) is 10.2 Å². The Balaban J connectivity index is 0.00000264. The third kappa shape index (κ3) is 5.19. The van der Waals surface area contributed by atoms with Gasteiger partial charge in [-0.05, 0) is 24.6 Å². The summed E-state index contributed by atoms with van der Waals surface area (Å²) in [5.41, 5.74) is 6.61. The lowest BCUT2D eigenvalue weighted by atomic mass is 10.2. The molecule has 0 saturated carbocycles. The number of carbonyl (C=O) groups is 1. The minimum absolute atomic E-state index is 0. The van der Waals surface area contributed by atoms with Gasteiger partial charge < -0.3 is 10.6 Å². The van der Waals surface area contributed by atoms with Crippen molar-refractivity contribution in [1.82, 2.24) is 14.7 Å². The van der Waals surface area contributed by atoms with Gasteiger partial charge in [-0.1, -0.05) is 30.3 Å². The summed E-state index contributed by atoms with van der Waals surface area (Å²) in [6.45, 7) is 1.55. The van der Waals surface area contributed by atoms with Gasteiger partial charge in [0.15, 0.2) is 0 Å². The maximum Gasteiger partial charge on any atom is 0.274 e. The van der Waals surface area contributed by atoms with E-state index in [4.69, 9.17) is 5.73 Å². The fourth-order valence-electron chi connectivity index (χ4n) is 2.12. The molecule has 1 aromatic heterocycles. The summed E-state index contributed by atoms with van der Waals surface area (Å²) < 4.78 is 1.16. The zero-order valence-corrected chi connectivity index (χ0v) is 13.8. The summed E-state index contributed by atoms with van der Waals surface area (Å²) in [4.78, 5) is 25.7. The smallest absolute Gasteiger partial charge is 0.274 e. The molecule has 2 N–H and O–H groups in total. The van der Waals surface area contributed by atoms with Crippen LogP contribution in [0.3, 0.4) is 0 Å². The van der Waals surface area contributed by atoms with Gasteiger partial charge in [-0.25, -0.2) is 4.68 Å². The predicted octanol–water partition coefficient (Wildman–Crippen LogP) is 1.19. The van der Waals surface area contributed by atoms with Crippen molar-refractivity contribution < 1.29 is 4.79 Å². The number of halogens is 1. The first-order chi connectivity index (χ1) is 10.6. The third-order valence-electron chi connectivity index (χ3n) is 3.32. The number of rotatable bonds is 6. The molecule has 124 valence electrons. The number of nitrogens with two attached hydrogens (primary N) is 1. The number of hydrogen-bond donors (Lipinski definition) is 1. The maximum absolute atomic E-state index is 12.6. The van der Waals surface area contributed by atoms with Gasteiger partial charge in [-0.2, -0.15) is 5.10 Å². The normalized spacial score (nSPS) is 10.0. The van der Waals surface area contributed by atoms with E-state index >= 15 is 0 Å². The summed E-state index contributed by atoms with van der Waals surface area (Å²) in [5.74, 6) is -0.201. The molecule has 2 rings (SSSR count). The van der Waals surface area contributed by atoms with Crippen LogP contribution in [-0.2, 0) is 13.6 Å². The molecule has 0 spiro atoms. The Morgan fingerprint density at radius 1 is 1.22 bits per heavy atom. The highest BCUT2D eigenvalue weighted by molar-refractivity contribution is 5.92. The van der Waals surface area contributed by atoms with Gasteiger partial charge in [0, 0.05) is 26.2 Å². The van der Waals surface area contributed by atoms with Crippen LogP contribution in [0.4, 0.5) is 0 Å². The first-order valence-electron chi connectivity index (χ1n) is 7.19. The second-order valence-electron chi connectivity index (χ2n) is 5.03.